The summed E-state index contributed by atoms with van der Waals surface area (Å²) in [6.45, 7) is 8.88. The molecule has 1 aromatic heterocycles. The molecule has 1 fully saturated rings. The molecule has 7 nitrogen and oxygen atoms in total. The fourth-order valence-corrected chi connectivity index (χ4v) is 3.87. The van der Waals surface area contributed by atoms with Gasteiger partial charge in [0.25, 0.3) is 5.91 Å². The number of esters is 1. The molecule has 0 radical (unpaired) electrons. The van der Waals surface area contributed by atoms with Gasteiger partial charge in [0, 0.05) is 11.8 Å². The second-order valence-corrected chi connectivity index (χ2v) is 7.59. The van der Waals surface area contributed by atoms with E-state index >= 15 is 0 Å². The molecular weight excluding hydrogens is 370 g/mol. The van der Waals surface area contributed by atoms with Gasteiger partial charge in [-0.2, -0.15) is 0 Å². The Morgan fingerprint density at radius 3 is 2.52 bits per heavy atom. The minimum atomic E-state index is -0.363. The highest BCUT2D eigenvalue weighted by molar-refractivity contribution is 5.92. The van der Waals surface area contributed by atoms with Gasteiger partial charge < -0.3 is 24.3 Å². The third-order valence-electron chi connectivity index (χ3n) is 5.55. The zero-order chi connectivity index (χ0) is 20.8. The second-order valence-electron chi connectivity index (χ2n) is 7.59. The number of methoxy groups -OCH3 is 1. The maximum atomic E-state index is 12.5. The summed E-state index contributed by atoms with van der Waals surface area (Å²) in [6, 6.07) is 9.74. The van der Waals surface area contributed by atoms with Crippen LogP contribution in [-0.4, -0.2) is 51.7 Å². The number of amides is 1. The van der Waals surface area contributed by atoms with Gasteiger partial charge in [0.1, 0.15) is 44.0 Å². The first-order chi connectivity index (χ1) is 14.0. The Bertz CT molecular complexity index is 853. The lowest BCUT2D eigenvalue weighted by molar-refractivity contribution is -1.02. The fraction of sp³-hybridized carbons (Fsp3) is 0.455. The van der Waals surface area contributed by atoms with E-state index < -0.39 is 0 Å². The average molecular weight is 402 g/mol. The number of nitrogens with one attached hydrogen (secondary N) is 3. The van der Waals surface area contributed by atoms with Crippen molar-refractivity contribution in [1.82, 2.24) is 0 Å². The summed E-state index contributed by atoms with van der Waals surface area (Å²) in [5.41, 5.74) is 2.57. The predicted octanol–water partition coefficient (Wildman–Crippen LogP) is -0.141. The zero-order valence-corrected chi connectivity index (χ0v) is 17.5. The van der Waals surface area contributed by atoms with Crippen LogP contribution >= 0.6 is 0 Å². The number of hydrogen-bond donors (Lipinski definition) is 3. The van der Waals surface area contributed by atoms with Crippen LogP contribution < -0.4 is 15.1 Å². The minimum absolute atomic E-state index is 0.0636. The molecule has 1 aliphatic heterocycles. The Hall–Kier alpha value is -2.64. The number of carbonyl (C=O) groups is 2. The van der Waals surface area contributed by atoms with Gasteiger partial charge in [0.2, 0.25) is 0 Å². The quantitative estimate of drug-likeness (QED) is 0.565. The van der Waals surface area contributed by atoms with E-state index in [-0.39, 0.29) is 11.9 Å². The van der Waals surface area contributed by atoms with E-state index in [9.17, 15) is 9.59 Å². The van der Waals surface area contributed by atoms with Crippen LogP contribution in [0.5, 0.6) is 0 Å². The summed E-state index contributed by atoms with van der Waals surface area (Å²) in [4.78, 5) is 26.9. The molecule has 1 amide bonds. The third-order valence-corrected chi connectivity index (χ3v) is 5.55. The average Bonchev–Trinajstić information content (AvgIpc) is 3.09. The van der Waals surface area contributed by atoms with E-state index in [1.807, 2.05) is 24.3 Å². The Labute approximate surface area is 171 Å². The van der Waals surface area contributed by atoms with Crippen molar-refractivity contribution in [2.24, 2.45) is 0 Å². The minimum Gasteiger partial charge on any atom is -0.465 e. The number of benzene rings is 1. The van der Waals surface area contributed by atoms with Gasteiger partial charge in [0.05, 0.1) is 7.11 Å². The normalized spacial score (nSPS) is 19.0. The van der Waals surface area contributed by atoms with Crippen molar-refractivity contribution < 1.29 is 28.5 Å². The first-order valence-electron chi connectivity index (χ1n) is 10.2. The van der Waals surface area contributed by atoms with Gasteiger partial charge in [-0.1, -0.05) is 25.1 Å². The van der Waals surface area contributed by atoms with E-state index in [1.54, 1.807) is 13.0 Å². The highest BCUT2D eigenvalue weighted by Crippen LogP contribution is 2.15. The van der Waals surface area contributed by atoms with Crippen LogP contribution in [0.1, 0.15) is 34.4 Å². The van der Waals surface area contributed by atoms with E-state index in [0.29, 0.717) is 17.9 Å². The van der Waals surface area contributed by atoms with E-state index in [4.69, 9.17) is 9.15 Å². The Balaban J connectivity index is 1.47. The van der Waals surface area contributed by atoms with Gasteiger partial charge >= 0.3 is 5.97 Å². The number of furan rings is 1. The number of hydrogen-bond acceptors (Lipinski definition) is 4. The monoisotopic (exact) mass is 401 g/mol. The van der Waals surface area contributed by atoms with Crippen molar-refractivity contribution in [3.8, 4) is 0 Å². The fourth-order valence-electron chi connectivity index (χ4n) is 3.87. The van der Waals surface area contributed by atoms with Crippen molar-refractivity contribution >= 4 is 17.6 Å². The molecule has 7 heteroatoms. The summed E-state index contributed by atoms with van der Waals surface area (Å²) < 4.78 is 10.5. The van der Waals surface area contributed by atoms with Crippen LogP contribution in [0.4, 0.5) is 5.69 Å². The van der Waals surface area contributed by atoms with Gasteiger partial charge in [0.15, 0.2) is 12.3 Å². The van der Waals surface area contributed by atoms with E-state index in [0.717, 1.165) is 56.2 Å². The number of piperazine rings is 1. The highest BCUT2D eigenvalue weighted by atomic mass is 16.5. The molecule has 0 saturated carbocycles. The van der Waals surface area contributed by atoms with E-state index in [1.165, 1.54) is 16.9 Å². The largest absolute Gasteiger partial charge is 0.465 e. The predicted molar refractivity (Wildman–Crippen MR) is 109 cm³/mol. The van der Waals surface area contributed by atoms with Gasteiger partial charge in [-0.15, -0.1) is 0 Å². The van der Waals surface area contributed by atoms with Crippen molar-refractivity contribution in [3.05, 3.63) is 53.0 Å². The standard InChI is InChI=1S/C22H29N3O4/c1-4-17-7-5-6-8-20(17)23-21(26)15-25-11-9-24(10-12-25)14-18-13-19(16(2)29-18)22(27)28-3/h5-8,13H,4,9-12,14-15H2,1-3H3,(H,23,26)/p+2. The van der Waals surface area contributed by atoms with Crippen molar-refractivity contribution in [2.45, 2.75) is 26.8 Å². The van der Waals surface area contributed by atoms with Gasteiger partial charge in [-0.3, -0.25) is 4.79 Å². The summed E-state index contributed by atoms with van der Waals surface area (Å²) in [7, 11) is 1.37. The summed E-state index contributed by atoms with van der Waals surface area (Å²) >= 11 is 0. The molecular formula is C22H31N3O4+2. The van der Waals surface area contributed by atoms with Crippen LogP contribution in [0.15, 0.2) is 34.7 Å². The molecule has 0 atom stereocenters. The third kappa shape index (κ3) is 5.46. The molecule has 29 heavy (non-hydrogen) atoms. The van der Waals surface area contributed by atoms with Gasteiger partial charge in [-0.05, 0) is 25.0 Å². The van der Waals surface area contributed by atoms with Crippen LogP contribution in [-0.2, 0) is 22.5 Å². The second kappa shape index (κ2) is 9.71. The van der Waals surface area contributed by atoms with Gasteiger partial charge in [-0.25, -0.2) is 4.79 Å². The van der Waals surface area contributed by atoms with Crippen LogP contribution in [0.3, 0.4) is 0 Å². The first kappa shape index (κ1) is 21.1. The number of ether oxygens (including phenoxy) is 1. The Morgan fingerprint density at radius 1 is 1.14 bits per heavy atom. The zero-order valence-electron chi connectivity index (χ0n) is 17.5. The summed E-state index contributed by atoms with van der Waals surface area (Å²) in [5, 5.41) is 3.06. The van der Waals surface area contributed by atoms with Crippen molar-refractivity contribution in [3.63, 3.8) is 0 Å². The molecule has 1 aromatic carbocycles. The SMILES string of the molecule is CCc1ccccc1NC(=O)C[NH+]1CC[NH+](Cc2cc(C(=O)OC)c(C)o2)CC1. The summed E-state index contributed by atoms with van der Waals surface area (Å²) in [5.74, 6) is 1.10. The molecule has 0 spiro atoms. The van der Waals surface area contributed by atoms with Crippen molar-refractivity contribution in [2.75, 3.05) is 45.2 Å². The number of rotatable bonds is 7. The van der Waals surface area contributed by atoms with Crippen LogP contribution in [0.2, 0.25) is 0 Å². The lowest BCUT2D eigenvalue weighted by atomic mass is 10.1. The molecule has 2 heterocycles. The lowest BCUT2D eigenvalue weighted by Crippen LogP contribution is -3.28. The smallest absolute Gasteiger partial charge is 0.341 e. The van der Waals surface area contributed by atoms with Crippen molar-refractivity contribution in [1.29, 1.82) is 0 Å². The molecule has 0 aliphatic carbocycles. The molecule has 1 aliphatic rings. The number of aryl methyl sites for hydroxylation is 2. The lowest BCUT2D eigenvalue weighted by Gasteiger charge is -2.28. The molecule has 0 unspecified atom stereocenters. The topological polar surface area (TPSA) is 77.4 Å². The maximum Gasteiger partial charge on any atom is 0.341 e. The van der Waals surface area contributed by atoms with Crippen LogP contribution in [0.25, 0.3) is 0 Å². The number of carbonyl (C=O) groups excluding carboxylic acids is 2. The summed E-state index contributed by atoms with van der Waals surface area (Å²) in [6.07, 6.45) is 0.898. The highest BCUT2D eigenvalue weighted by Gasteiger charge is 2.26. The number of para-hydroxylation sites is 1. The Morgan fingerprint density at radius 2 is 1.83 bits per heavy atom. The number of quaternary nitrogens is 2. The molecule has 0 bridgehead atoms. The molecule has 3 N–H and O–H groups in total. The maximum absolute atomic E-state index is 12.5. The first-order valence-corrected chi connectivity index (χ1v) is 10.2. The van der Waals surface area contributed by atoms with E-state index in [2.05, 4.69) is 12.2 Å². The van der Waals surface area contributed by atoms with Crippen LogP contribution in [0, 0.1) is 6.92 Å². The molecule has 3 rings (SSSR count). The molecule has 2 aromatic rings. The molecule has 1 saturated heterocycles. The molecule has 156 valence electrons. The number of anilines is 1. The Kier molecular flexibility index (Phi) is 7.06.